The van der Waals surface area contributed by atoms with E-state index in [4.69, 9.17) is 0 Å². The molecule has 4 rings (SSSR count). The monoisotopic (exact) mass is 405 g/mol. The Bertz CT molecular complexity index is 1210. The van der Waals surface area contributed by atoms with E-state index in [0.717, 1.165) is 29.5 Å². The summed E-state index contributed by atoms with van der Waals surface area (Å²) in [5.74, 6) is 1.51. The van der Waals surface area contributed by atoms with Crippen molar-refractivity contribution in [2.24, 2.45) is 0 Å². The lowest BCUT2D eigenvalue weighted by Crippen LogP contribution is -2.13. The summed E-state index contributed by atoms with van der Waals surface area (Å²) in [6.45, 7) is 7.06. The van der Waals surface area contributed by atoms with Crippen molar-refractivity contribution >= 4 is 22.7 Å². The standard InChI is InChI=1S/C22H23N5OS/c1-4-12-27-20(16-9-7-8-14(2)13-16)25-26-22(27)29-15(3)19-23-18-11-6-5-10-17(18)21(28)24-19/h5-11,13,15H,4,12H2,1-3H3,(H,23,24,28)/t15-/m1/s1. The molecule has 4 aromatic rings. The molecular weight excluding hydrogens is 382 g/mol. The van der Waals surface area contributed by atoms with Gasteiger partial charge in [-0.05, 0) is 38.5 Å². The molecule has 2 aromatic carbocycles. The van der Waals surface area contributed by atoms with Gasteiger partial charge in [-0.2, -0.15) is 0 Å². The van der Waals surface area contributed by atoms with Crippen LogP contribution in [0.25, 0.3) is 22.3 Å². The van der Waals surface area contributed by atoms with Gasteiger partial charge in [0.15, 0.2) is 11.0 Å². The van der Waals surface area contributed by atoms with Gasteiger partial charge in [0.05, 0.1) is 16.2 Å². The highest BCUT2D eigenvalue weighted by molar-refractivity contribution is 7.99. The van der Waals surface area contributed by atoms with Crippen LogP contribution in [-0.2, 0) is 6.54 Å². The van der Waals surface area contributed by atoms with E-state index in [1.807, 2.05) is 31.2 Å². The van der Waals surface area contributed by atoms with Crippen molar-refractivity contribution in [3.05, 3.63) is 70.3 Å². The van der Waals surface area contributed by atoms with Gasteiger partial charge in [0.1, 0.15) is 5.82 Å². The lowest BCUT2D eigenvalue weighted by molar-refractivity contribution is 0.625. The van der Waals surface area contributed by atoms with Crippen molar-refractivity contribution in [1.29, 1.82) is 0 Å². The summed E-state index contributed by atoms with van der Waals surface area (Å²) in [5.41, 5.74) is 2.83. The van der Waals surface area contributed by atoms with Crippen LogP contribution in [0.2, 0.25) is 0 Å². The number of H-pyrrole nitrogens is 1. The van der Waals surface area contributed by atoms with Crippen molar-refractivity contribution in [2.75, 3.05) is 0 Å². The normalized spacial score (nSPS) is 12.4. The first kappa shape index (κ1) is 19.4. The molecule has 0 amide bonds. The van der Waals surface area contributed by atoms with Gasteiger partial charge in [-0.1, -0.05) is 54.6 Å². The zero-order valence-electron chi connectivity index (χ0n) is 16.7. The maximum atomic E-state index is 12.4. The minimum Gasteiger partial charge on any atom is -0.309 e. The van der Waals surface area contributed by atoms with Crippen LogP contribution < -0.4 is 5.56 Å². The second-order valence-electron chi connectivity index (χ2n) is 7.06. The molecule has 1 N–H and O–H groups in total. The maximum Gasteiger partial charge on any atom is 0.258 e. The van der Waals surface area contributed by atoms with E-state index in [0.29, 0.717) is 16.7 Å². The molecule has 0 spiro atoms. The molecule has 7 heteroatoms. The second kappa shape index (κ2) is 8.21. The molecule has 1 atom stereocenters. The van der Waals surface area contributed by atoms with E-state index in [-0.39, 0.29) is 10.8 Å². The minimum absolute atomic E-state index is 0.0718. The van der Waals surface area contributed by atoms with Crippen LogP contribution in [0.1, 0.15) is 36.9 Å². The number of aromatic nitrogens is 5. The molecule has 0 aliphatic rings. The van der Waals surface area contributed by atoms with Crippen LogP contribution in [0.4, 0.5) is 0 Å². The average molecular weight is 406 g/mol. The zero-order chi connectivity index (χ0) is 20.4. The molecular formula is C22H23N5OS. The molecule has 0 unspecified atom stereocenters. The number of fused-ring (bicyclic) bond motifs is 1. The molecule has 2 heterocycles. The molecule has 6 nitrogen and oxygen atoms in total. The van der Waals surface area contributed by atoms with Gasteiger partial charge in [-0.25, -0.2) is 4.98 Å². The summed E-state index contributed by atoms with van der Waals surface area (Å²) in [5, 5.41) is 10.3. The summed E-state index contributed by atoms with van der Waals surface area (Å²) in [4.78, 5) is 20.0. The number of para-hydroxylation sites is 1. The topological polar surface area (TPSA) is 76.5 Å². The highest BCUT2D eigenvalue weighted by Crippen LogP contribution is 2.34. The maximum absolute atomic E-state index is 12.4. The molecule has 148 valence electrons. The van der Waals surface area contributed by atoms with E-state index in [1.54, 1.807) is 17.8 Å². The molecule has 0 radical (unpaired) electrons. The fourth-order valence-corrected chi connectivity index (χ4v) is 4.24. The van der Waals surface area contributed by atoms with E-state index in [2.05, 4.69) is 56.8 Å². The number of nitrogens with zero attached hydrogens (tertiary/aromatic N) is 4. The van der Waals surface area contributed by atoms with Gasteiger partial charge in [0, 0.05) is 12.1 Å². The fourth-order valence-electron chi connectivity index (χ4n) is 3.31. The third-order valence-electron chi connectivity index (χ3n) is 4.74. The van der Waals surface area contributed by atoms with Crippen LogP contribution in [-0.4, -0.2) is 24.7 Å². The number of nitrogens with one attached hydrogen (secondary N) is 1. The van der Waals surface area contributed by atoms with Crippen LogP contribution in [0.5, 0.6) is 0 Å². The van der Waals surface area contributed by atoms with Gasteiger partial charge < -0.3 is 9.55 Å². The Hall–Kier alpha value is -2.93. The highest BCUT2D eigenvalue weighted by atomic mass is 32.2. The van der Waals surface area contributed by atoms with E-state index < -0.39 is 0 Å². The average Bonchev–Trinajstić information content (AvgIpc) is 3.10. The molecule has 0 fully saturated rings. The Kier molecular flexibility index (Phi) is 5.49. The summed E-state index contributed by atoms with van der Waals surface area (Å²) in [6, 6.07) is 15.7. The van der Waals surface area contributed by atoms with Crippen LogP contribution in [0.3, 0.4) is 0 Å². The van der Waals surface area contributed by atoms with Crippen molar-refractivity contribution < 1.29 is 0 Å². The first-order valence-electron chi connectivity index (χ1n) is 9.72. The number of benzene rings is 2. The molecule has 0 saturated heterocycles. The van der Waals surface area contributed by atoms with Gasteiger partial charge in [0.2, 0.25) is 0 Å². The summed E-state index contributed by atoms with van der Waals surface area (Å²) >= 11 is 1.56. The smallest absolute Gasteiger partial charge is 0.258 e. The molecule has 29 heavy (non-hydrogen) atoms. The third-order valence-corrected chi connectivity index (χ3v) is 5.83. The van der Waals surface area contributed by atoms with E-state index in [1.165, 1.54) is 5.56 Å². The fraction of sp³-hybridized carbons (Fsp3) is 0.273. The predicted molar refractivity (Wildman–Crippen MR) is 117 cm³/mol. The lowest BCUT2D eigenvalue weighted by atomic mass is 10.1. The van der Waals surface area contributed by atoms with Crippen molar-refractivity contribution in [3.63, 3.8) is 0 Å². The SMILES string of the molecule is CCCn1c(S[C@H](C)c2nc3ccccc3c(=O)[nH]2)nnc1-c1cccc(C)c1. The quantitative estimate of drug-likeness (QED) is 0.468. The van der Waals surface area contributed by atoms with E-state index in [9.17, 15) is 4.79 Å². The van der Waals surface area contributed by atoms with Gasteiger partial charge >= 0.3 is 0 Å². The zero-order valence-corrected chi connectivity index (χ0v) is 17.5. The van der Waals surface area contributed by atoms with Crippen LogP contribution in [0, 0.1) is 6.92 Å². The van der Waals surface area contributed by atoms with Crippen LogP contribution >= 0.6 is 11.8 Å². The minimum atomic E-state index is -0.117. The molecule has 0 aliphatic heterocycles. The Balaban J connectivity index is 1.68. The Morgan fingerprint density at radius 3 is 2.76 bits per heavy atom. The molecule has 0 saturated carbocycles. The summed E-state index contributed by atoms with van der Waals surface area (Å²) in [7, 11) is 0. The Morgan fingerprint density at radius 1 is 1.14 bits per heavy atom. The first-order chi connectivity index (χ1) is 14.1. The number of aromatic amines is 1. The first-order valence-corrected chi connectivity index (χ1v) is 10.6. The molecule has 2 aromatic heterocycles. The third kappa shape index (κ3) is 3.96. The number of hydrogen-bond acceptors (Lipinski definition) is 5. The highest BCUT2D eigenvalue weighted by Gasteiger charge is 2.19. The van der Waals surface area contributed by atoms with E-state index >= 15 is 0 Å². The molecule has 0 bridgehead atoms. The lowest BCUT2D eigenvalue weighted by Gasteiger charge is -2.13. The largest absolute Gasteiger partial charge is 0.309 e. The predicted octanol–water partition coefficient (Wildman–Crippen LogP) is 4.75. The Morgan fingerprint density at radius 2 is 1.97 bits per heavy atom. The van der Waals surface area contributed by atoms with Gasteiger partial charge in [-0.15, -0.1) is 10.2 Å². The van der Waals surface area contributed by atoms with Crippen LogP contribution in [0.15, 0.2) is 58.5 Å². The summed E-state index contributed by atoms with van der Waals surface area (Å²) in [6.07, 6.45) is 0.976. The second-order valence-corrected chi connectivity index (χ2v) is 8.36. The van der Waals surface area contributed by atoms with Crippen molar-refractivity contribution in [1.82, 2.24) is 24.7 Å². The Labute approximate surface area is 173 Å². The summed E-state index contributed by atoms with van der Waals surface area (Å²) < 4.78 is 2.15. The number of aryl methyl sites for hydroxylation is 1. The number of hydrogen-bond donors (Lipinski definition) is 1. The number of rotatable bonds is 6. The van der Waals surface area contributed by atoms with Crippen molar-refractivity contribution in [3.8, 4) is 11.4 Å². The van der Waals surface area contributed by atoms with Crippen molar-refractivity contribution in [2.45, 2.75) is 44.1 Å². The van der Waals surface area contributed by atoms with Gasteiger partial charge in [-0.3, -0.25) is 4.79 Å². The molecule has 0 aliphatic carbocycles. The van der Waals surface area contributed by atoms with Gasteiger partial charge in [0.25, 0.3) is 5.56 Å². The number of thioether (sulfide) groups is 1.